The number of amides is 1. The maximum absolute atomic E-state index is 12.3. The number of carbonyl (C=O) groups is 1. The normalized spacial score (nSPS) is 15.2. The Bertz CT molecular complexity index is 946. The third-order valence-corrected chi connectivity index (χ3v) is 5.06. The number of allylic oxidation sites excluding steroid dienone is 4. The van der Waals surface area contributed by atoms with E-state index in [4.69, 9.17) is 16.0 Å². The van der Waals surface area contributed by atoms with Crippen LogP contribution in [0.3, 0.4) is 0 Å². The summed E-state index contributed by atoms with van der Waals surface area (Å²) in [6, 6.07) is 3.71. The van der Waals surface area contributed by atoms with E-state index >= 15 is 0 Å². The molecule has 26 heavy (non-hydrogen) atoms. The number of rotatable bonds is 5. The van der Waals surface area contributed by atoms with Gasteiger partial charge in [-0.2, -0.15) is 4.83 Å². The molecule has 1 aromatic heterocycles. The van der Waals surface area contributed by atoms with E-state index in [0.717, 1.165) is 28.1 Å². The zero-order valence-corrected chi connectivity index (χ0v) is 16.2. The van der Waals surface area contributed by atoms with Crippen LogP contribution in [-0.4, -0.2) is 10.9 Å². The molecule has 2 heterocycles. The van der Waals surface area contributed by atoms with Gasteiger partial charge in [-0.25, -0.2) is 4.98 Å². The highest BCUT2D eigenvalue weighted by Crippen LogP contribution is 2.25. The number of hydrogen-bond donors (Lipinski definition) is 3. The summed E-state index contributed by atoms with van der Waals surface area (Å²) < 4.78 is 5.55. The van der Waals surface area contributed by atoms with Crippen LogP contribution < -0.4 is 15.6 Å². The predicted molar refractivity (Wildman–Crippen MR) is 105 cm³/mol. The van der Waals surface area contributed by atoms with Gasteiger partial charge in [-0.1, -0.05) is 23.8 Å². The van der Waals surface area contributed by atoms with Crippen LogP contribution in [0.4, 0.5) is 0 Å². The zero-order valence-electron chi connectivity index (χ0n) is 14.6. The van der Waals surface area contributed by atoms with Gasteiger partial charge in [0.2, 0.25) is 0 Å². The Kier molecular flexibility index (Phi) is 5.70. The van der Waals surface area contributed by atoms with Gasteiger partial charge in [-0.3, -0.25) is 4.79 Å². The summed E-state index contributed by atoms with van der Waals surface area (Å²) in [6.45, 7) is 5.52. The molecule has 0 radical (unpaired) electrons. The molecule has 1 aliphatic heterocycles. The van der Waals surface area contributed by atoms with Gasteiger partial charge in [-0.05, 0) is 56.0 Å². The van der Waals surface area contributed by atoms with Crippen LogP contribution >= 0.6 is 23.5 Å². The van der Waals surface area contributed by atoms with Crippen LogP contribution in [0, 0.1) is 6.92 Å². The number of nitrogens with one attached hydrogen (secondary N) is 3. The summed E-state index contributed by atoms with van der Waals surface area (Å²) in [7, 11) is 0. The fraction of sp³-hybridized carbons (Fsp3) is 0.222. The molecule has 8 heteroatoms. The van der Waals surface area contributed by atoms with Crippen molar-refractivity contribution in [1.82, 2.24) is 20.6 Å². The summed E-state index contributed by atoms with van der Waals surface area (Å²) in [5.41, 5.74) is 6.82. The third kappa shape index (κ3) is 4.12. The van der Waals surface area contributed by atoms with Gasteiger partial charge in [0, 0.05) is 23.3 Å². The maximum atomic E-state index is 12.3. The van der Waals surface area contributed by atoms with Gasteiger partial charge in [0.15, 0.2) is 11.5 Å². The van der Waals surface area contributed by atoms with Crippen molar-refractivity contribution in [2.75, 3.05) is 0 Å². The first-order valence-corrected chi connectivity index (χ1v) is 9.26. The van der Waals surface area contributed by atoms with E-state index in [1.54, 1.807) is 6.92 Å². The predicted octanol–water partition coefficient (Wildman–Crippen LogP) is 3.90. The summed E-state index contributed by atoms with van der Waals surface area (Å²) in [4.78, 5) is 20.0. The van der Waals surface area contributed by atoms with Crippen molar-refractivity contribution in [3.8, 4) is 0 Å². The van der Waals surface area contributed by atoms with Crippen molar-refractivity contribution in [3.05, 3.63) is 63.1 Å². The monoisotopic (exact) mass is 390 g/mol. The molecule has 3 N–H and O–H groups in total. The van der Waals surface area contributed by atoms with Crippen molar-refractivity contribution in [1.29, 1.82) is 0 Å². The van der Waals surface area contributed by atoms with Crippen molar-refractivity contribution in [3.63, 3.8) is 0 Å². The Balaban J connectivity index is 1.67. The minimum Gasteiger partial charge on any atom is -0.441 e. The largest absolute Gasteiger partial charge is 0.441 e. The first-order valence-electron chi connectivity index (χ1n) is 8.06. The summed E-state index contributed by atoms with van der Waals surface area (Å²) in [5, 5.41) is 3.53. The highest BCUT2D eigenvalue weighted by Gasteiger charge is 2.19. The number of hydrazine groups is 1. The van der Waals surface area contributed by atoms with Crippen LogP contribution in [0.15, 0.2) is 51.1 Å². The number of aryl methyl sites for hydroxylation is 1. The summed E-state index contributed by atoms with van der Waals surface area (Å²) >= 11 is 7.58. The number of aromatic nitrogens is 1. The van der Waals surface area contributed by atoms with Crippen LogP contribution in [0.2, 0.25) is 5.02 Å². The standard InChI is InChI=1S/C18H19ClN4O2S/c1-4-13(21-18(24)17-10(2)22-23-26-17)7-5-6-12-8-16-15(9-14(12)19)20-11(3)25-16/h4-5,7-9,22-23H,6H2,1-3H3,(H,21,24)/b7-5-,13-4+. The Labute approximate surface area is 160 Å². The van der Waals surface area contributed by atoms with Crippen LogP contribution in [0.5, 0.6) is 0 Å². The van der Waals surface area contributed by atoms with E-state index in [9.17, 15) is 4.79 Å². The number of hydrogen-bond acceptors (Lipinski definition) is 6. The second-order valence-corrected chi connectivity index (χ2v) is 6.96. The Morgan fingerprint density at radius 2 is 2.23 bits per heavy atom. The van der Waals surface area contributed by atoms with E-state index in [2.05, 4.69) is 20.6 Å². The molecule has 0 saturated carbocycles. The van der Waals surface area contributed by atoms with Gasteiger partial charge >= 0.3 is 0 Å². The molecule has 136 valence electrons. The average Bonchev–Trinajstić information content (AvgIpc) is 3.18. The molecular formula is C18H19ClN4O2S. The van der Waals surface area contributed by atoms with Crippen LogP contribution in [-0.2, 0) is 11.2 Å². The van der Waals surface area contributed by atoms with Gasteiger partial charge in [0.1, 0.15) is 10.4 Å². The highest BCUT2D eigenvalue weighted by atomic mass is 35.5. The lowest BCUT2D eigenvalue weighted by Gasteiger charge is -2.06. The highest BCUT2D eigenvalue weighted by molar-refractivity contribution is 8.02. The number of halogens is 1. The number of nitrogens with zero attached hydrogens (tertiary/aromatic N) is 1. The van der Waals surface area contributed by atoms with Gasteiger partial charge in [0.05, 0.1) is 0 Å². The summed E-state index contributed by atoms with van der Waals surface area (Å²) in [5.74, 6) is 0.459. The van der Waals surface area contributed by atoms with Crippen LogP contribution in [0.25, 0.3) is 11.1 Å². The molecule has 0 spiro atoms. The SMILES string of the molecule is C/C=C(\C=C/Cc1cc2oc(C)nc2cc1Cl)NC(=O)C1=C(C)NNS1. The molecule has 1 aliphatic rings. The van der Waals surface area contributed by atoms with E-state index in [1.807, 2.05) is 44.2 Å². The average molecular weight is 391 g/mol. The molecule has 0 fully saturated rings. The Hall–Kier alpha value is -2.22. The molecule has 1 aromatic carbocycles. The topological polar surface area (TPSA) is 79.2 Å². The lowest BCUT2D eigenvalue weighted by atomic mass is 10.1. The molecule has 0 atom stereocenters. The van der Waals surface area contributed by atoms with E-state index < -0.39 is 0 Å². The van der Waals surface area contributed by atoms with Crippen molar-refractivity contribution in [2.24, 2.45) is 0 Å². The fourth-order valence-corrected chi connectivity index (χ4v) is 3.37. The van der Waals surface area contributed by atoms with E-state index in [0.29, 0.717) is 22.2 Å². The first-order chi connectivity index (χ1) is 12.5. The Morgan fingerprint density at radius 1 is 1.42 bits per heavy atom. The molecule has 1 amide bonds. The molecule has 0 saturated heterocycles. The second-order valence-electron chi connectivity index (χ2n) is 5.73. The quantitative estimate of drug-likeness (QED) is 0.531. The number of benzene rings is 1. The van der Waals surface area contributed by atoms with Crippen molar-refractivity contribution < 1.29 is 9.21 Å². The molecule has 3 rings (SSSR count). The van der Waals surface area contributed by atoms with Gasteiger partial charge in [0.25, 0.3) is 5.91 Å². The molecule has 0 aliphatic carbocycles. The first kappa shape index (κ1) is 18.6. The maximum Gasteiger partial charge on any atom is 0.265 e. The minimum atomic E-state index is -0.153. The minimum absolute atomic E-state index is 0.153. The lowest BCUT2D eigenvalue weighted by Crippen LogP contribution is -2.22. The third-order valence-electron chi connectivity index (χ3n) is 3.81. The second kappa shape index (κ2) is 7.99. The fourth-order valence-electron chi connectivity index (χ4n) is 2.48. The van der Waals surface area contributed by atoms with E-state index in [1.165, 1.54) is 11.9 Å². The Morgan fingerprint density at radius 3 is 2.92 bits per heavy atom. The zero-order chi connectivity index (χ0) is 18.7. The van der Waals surface area contributed by atoms with E-state index in [-0.39, 0.29) is 5.91 Å². The molecular weight excluding hydrogens is 372 g/mol. The smallest absolute Gasteiger partial charge is 0.265 e. The number of fused-ring (bicyclic) bond motifs is 1. The van der Waals surface area contributed by atoms with Crippen LogP contribution in [0.1, 0.15) is 25.3 Å². The van der Waals surface area contributed by atoms with Crippen molar-refractivity contribution >= 4 is 40.6 Å². The van der Waals surface area contributed by atoms with Gasteiger partial charge < -0.3 is 15.2 Å². The number of carbonyl (C=O) groups excluding carboxylic acids is 1. The molecule has 2 aromatic rings. The van der Waals surface area contributed by atoms with Gasteiger partial charge in [-0.15, -0.1) is 0 Å². The molecule has 0 bridgehead atoms. The molecule has 0 unspecified atom stereocenters. The summed E-state index contributed by atoms with van der Waals surface area (Å²) in [6.07, 6.45) is 6.27. The molecule has 6 nitrogen and oxygen atoms in total. The van der Waals surface area contributed by atoms with Crippen molar-refractivity contribution in [2.45, 2.75) is 27.2 Å². The number of oxazole rings is 1. The lowest BCUT2D eigenvalue weighted by molar-refractivity contribution is -0.116.